The normalized spacial score (nSPS) is 17.5. The highest BCUT2D eigenvalue weighted by Crippen LogP contribution is 2.49. The molecule has 1 atom stereocenters. The van der Waals surface area contributed by atoms with Crippen molar-refractivity contribution in [3.05, 3.63) is 99.6 Å². The van der Waals surface area contributed by atoms with Crippen LogP contribution >= 0.6 is 23.4 Å². The first-order chi connectivity index (χ1) is 17.8. The van der Waals surface area contributed by atoms with Crippen molar-refractivity contribution in [2.24, 2.45) is 0 Å². The number of carbonyl (C=O) groups excluding carboxylic acids is 1. The first kappa shape index (κ1) is 26.3. The van der Waals surface area contributed by atoms with E-state index in [0.29, 0.717) is 12.0 Å². The van der Waals surface area contributed by atoms with E-state index >= 15 is 0 Å². The third kappa shape index (κ3) is 5.92. The topological polar surface area (TPSA) is 23.6 Å². The zero-order valence-corrected chi connectivity index (χ0v) is 23.7. The molecular formula is C32H37ClN2OS. The second kappa shape index (κ2) is 11.2. The van der Waals surface area contributed by atoms with E-state index in [9.17, 15) is 4.79 Å². The van der Waals surface area contributed by atoms with Gasteiger partial charge in [0.15, 0.2) is 0 Å². The Balaban J connectivity index is 1.24. The number of amides is 1. The van der Waals surface area contributed by atoms with Gasteiger partial charge in [-0.05, 0) is 94.2 Å². The van der Waals surface area contributed by atoms with Crippen molar-refractivity contribution in [2.45, 2.75) is 49.3 Å². The lowest BCUT2D eigenvalue weighted by molar-refractivity contribution is 0.0780. The predicted octanol–water partition coefficient (Wildman–Crippen LogP) is 7.34. The number of hydrogen-bond acceptors (Lipinski definition) is 3. The highest BCUT2D eigenvalue weighted by Gasteiger charge is 2.41. The Hall–Kier alpha value is -2.27. The third-order valence-corrected chi connectivity index (χ3v) is 9.84. The van der Waals surface area contributed by atoms with Crippen molar-refractivity contribution in [1.29, 1.82) is 0 Å². The van der Waals surface area contributed by atoms with Gasteiger partial charge in [-0.3, -0.25) is 4.79 Å². The fraction of sp³-hybridized carbons (Fsp3) is 0.406. The summed E-state index contributed by atoms with van der Waals surface area (Å²) in [6.07, 6.45) is 3.48. The number of hydrogen-bond donors (Lipinski definition) is 0. The number of benzene rings is 3. The van der Waals surface area contributed by atoms with Crippen LogP contribution in [0.2, 0.25) is 5.02 Å². The molecule has 3 aromatic carbocycles. The molecule has 1 amide bonds. The molecule has 2 heterocycles. The molecule has 37 heavy (non-hydrogen) atoms. The number of nitrogens with zero attached hydrogens (tertiary/aromatic N) is 2. The number of carbonyl (C=O) groups is 1. The molecule has 0 unspecified atom stereocenters. The van der Waals surface area contributed by atoms with E-state index in [1.807, 2.05) is 61.8 Å². The van der Waals surface area contributed by atoms with Crippen LogP contribution in [0.5, 0.6) is 0 Å². The van der Waals surface area contributed by atoms with Crippen LogP contribution in [0, 0.1) is 13.8 Å². The van der Waals surface area contributed by atoms with E-state index in [1.54, 1.807) is 5.56 Å². The summed E-state index contributed by atoms with van der Waals surface area (Å²) < 4.78 is 0. The van der Waals surface area contributed by atoms with E-state index in [2.05, 4.69) is 47.4 Å². The van der Waals surface area contributed by atoms with Crippen molar-refractivity contribution in [1.82, 2.24) is 9.80 Å². The molecule has 5 rings (SSSR count). The van der Waals surface area contributed by atoms with Crippen molar-refractivity contribution >= 4 is 29.3 Å². The van der Waals surface area contributed by atoms with Gasteiger partial charge in [0.05, 0.1) is 0 Å². The molecule has 5 heteroatoms. The number of thioether (sulfide) groups is 1. The van der Waals surface area contributed by atoms with Gasteiger partial charge in [-0.25, -0.2) is 0 Å². The number of likely N-dealkylation sites (N-methyl/N-ethyl adjacent to an activating group) is 1. The molecule has 0 saturated carbocycles. The Morgan fingerprint density at radius 3 is 2.41 bits per heavy atom. The summed E-state index contributed by atoms with van der Waals surface area (Å²) in [7, 11) is 1.93. The first-order valence-electron chi connectivity index (χ1n) is 13.4. The fourth-order valence-corrected chi connectivity index (χ4v) is 7.73. The van der Waals surface area contributed by atoms with Crippen LogP contribution in [0.3, 0.4) is 0 Å². The molecule has 0 radical (unpaired) electrons. The quantitative estimate of drug-likeness (QED) is 0.318. The predicted molar refractivity (Wildman–Crippen MR) is 156 cm³/mol. The lowest BCUT2D eigenvalue weighted by Gasteiger charge is -2.40. The second-order valence-corrected chi connectivity index (χ2v) is 12.5. The van der Waals surface area contributed by atoms with E-state index in [0.717, 1.165) is 47.8 Å². The maximum atomic E-state index is 13.3. The monoisotopic (exact) mass is 532 g/mol. The Bertz CT molecular complexity index is 1230. The average molecular weight is 533 g/mol. The molecular weight excluding hydrogens is 496 g/mol. The number of rotatable bonds is 7. The smallest absolute Gasteiger partial charge is 0.253 e. The lowest BCUT2D eigenvalue weighted by atomic mass is 9.74. The van der Waals surface area contributed by atoms with Gasteiger partial charge < -0.3 is 9.80 Å². The molecule has 0 bridgehead atoms. The van der Waals surface area contributed by atoms with Crippen LogP contribution in [-0.4, -0.2) is 54.7 Å². The van der Waals surface area contributed by atoms with Gasteiger partial charge in [0.2, 0.25) is 0 Å². The van der Waals surface area contributed by atoms with Gasteiger partial charge in [0.25, 0.3) is 5.91 Å². The Labute approximate surface area is 231 Å². The van der Waals surface area contributed by atoms with Crippen molar-refractivity contribution < 1.29 is 4.79 Å². The molecule has 0 aliphatic carbocycles. The molecule has 1 saturated heterocycles. The summed E-state index contributed by atoms with van der Waals surface area (Å²) in [5.41, 5.74) is 6.19. The van der Waals surface area contributed by atoms with E-state index in [4.69, 9.17) is 11.6 Å². The number of halogens is 1. The molecule has 194 valence electrons. The van der Waals surface area contributed by atoms with E-state index in [-0.39, 0.29) is 11.8 Å². The van der Waals surface area contributed by atoms with Crippen LogP contribution < -0.4 is 0 Å². The highest BCUT2D eigenvalue weighted by molar-refractivity contribution is 7.99. The standard InChI is InChI=1S/C32H37ClN2OS/c1-23-18-24(2)20-27(19-23)31(36)34(3)21-26(25-8-10-28(33)11-9-25)12-15-35-16-13-32(14-17-35)22-37-30-7-5-4-6-29(30)32/h4-11,18-20,26H,12-17,21-22H2,1-3H3/t26-/m1/s1. The summed E-state index contributed by atoms with van der Waals surface area (Å²) in [6, 6.07) is 23.3. The molecule has 3 aromatic rings. The van der Waals surface area contributed by atoms with Gasteiger partial charge in [0.1, 0.15) is 0 Å². The van der Waals surface area contributed by atoms with Crippen LogP contribution in [0.1, 0.15) is 57.8 Å². The van der Waals surface area contributed by atoms with Crippen LogP contribution in [0.15, 0.2) is 71.6 Å². The molecule has 0 aromatic heterocycles. The summed E-state index contributed by atoms with van der Waals surface area (Å²) in [6.45, 7) is 8.11. The number of aryl methyl sites for hydroxylation is 2. The zero-order chi connectivity index (χ0) is 26.0. The minimum absolute atomic E-state index is 0.0862. The molecule has 1 spiro atoms. The van der Waals surface area contributed by atoms with Gasteiger partial charge in [-0.1, -0.05) is 59.1 Å². The average Bonchev–Trinajstić information content (AvgIpc) is 3.25. The second-order valence-electron chi connectivity index (χ2n) is 11.0. The maximum Gasteiger partial charge on any atom is 0.253 e. The van der Waals surface area contributed by atoms with Crippen LogP contribution in [0.4, 0.5) is 0 Å². The summed E-state index contributed by atoms with van der Waals surface area (Å²) in [5, 5.41) is 0.748. The first-order valence-corrected chi connectivity index (χ1v) is 14.7. The van der Waals surface area contributed by atoms with Crippen molar-refractivity contribution in [3.8, 4) is 0 Å². The molecule has 2 aliphatic rings. The van der Waals surface area contributed by atoms with Gasteiger partial charge >= 0.3 is 0 Å². The Kier molecular flexibility index (Phi) is 7.99. The minimum Gasteiger partial charge on any atom is -0.341 e. The number of fused-ring (bicyclic) bond motifs is 2. The van der Waals surface area contributed by atoms with Gasteiger partial charge in [-0.2, -0.15) is 0 Å². The number of piperidine rings is 1. The Morgan fingerprint density at radius 1 is 1.03 bits per heavy atom. The van der Waals surface area contributed by atoms with Gasteiger partial charge in [-0.15, -0.1) is 11.8 Å². The summed E-state index contributed by atoms with van der Waals surface area (Å²) >= 11 is 8.24. The lowest BCUT2D eigenvalue weighted by Crippen LogP contribution is -2.43. The van der Waals surface area contributed by atoms with E-state index in [1.165, 1.54) is 29.1 Å². The molecule has 3 nitrogen and oxygen atoms in total. The molecule has 0 N–H and O–H groups in total. The van der Waals surface area contributed by atoms with E-state index < -0.39 is 0 Å². The maximum absolute atomic E-state index is 13.3. The van der Waals surface area contributed by atoms with Crippen LogP contribution in [0.25, 0.3) is 0 Å². The fourth-order valence-electron chi connectivity index (χ4n) is 6.11. The molecule has 1 fully saturated rings. The van der Waals surface area contributed by atoms with Gasteiger partial charge in [0, 0.05) is 46.2 Å². The third-order valence-electron chi connectivity index (χ3n) is 8.22. The highest BCUT2D eigenvalue weighted by atomic mass is 35.5. The number of likely N-dealkylation sites (tertiary alicyclic amines) is 1. The minimum atomic E-state index is 0.0862. The van der Waals surface area contributed by atoms with Crippen molar-refractivity contribution in [3.63, 3.8) is 0 Å². The zero-order valence-electron chi connectivity index (χ0n) is 22.2. The Morgan fingerprint density at radius 2 is 1.70 bits per heavy atom. The molecule has 2 aliphatic heterocycles. The summed E-state index contributed by atoms with van der Waals surface area (Å²) in [4.78, 5) is 19.3. The van der Waals surface area contributed by atoms with Crippen LogP contribution in [-0.2, 0) is 5.41 Å². The summed E-state index contributed by atoms with van der Waals surface area (Å²) in [5.74, 6) is 1.57. The van der Waals surface area contributed by atoms with Crippen molar-refractivity contribution in [2.75, 3.05) is 39.0 Å². The SMILES string of the molecule is Cc1cc(C)cc(C(=O)N(C)C[C@@H](CCN2CCC3(CC2)CSc2ccccc23)c2ccc(Cl)cc2)c1. The largest absolute Gasteiger partial charge is 0.341 e.